The van der Waals surface area contributed by atoms with Gasteiger partial charge in [0.15, 0.2) is 5.96 Å². The molecular formula is C20H28ClN5O3. The number of hydrogen-bond acceptors (Lipinski definition) is 6. The Morgan fingerprint density at radius 2 is 2.00 bits per heavy atom. The maximum Gasteiger partial charge on any atom is 0.410 e. The van der Waals surface area contributed by atoms with E-state index in [1.807, 2.05) is 20.8 Å². The predicted molar refractivity (Wildman–Crippen MR) is 112 cm³/mol. The largest absolute Gasteiger partial charge is 0.444 e. The zero-order chi connectivity index (χ0) is 21.0. The van der Waals surface area contributed by atoms with Crippen molar-refractivity contribution >= 4 is 29.6 Å². The Labute approximate surface area is 176 Å². The Morgan fingerprint density at radius 1 is 1.24 bits per heavy atom. The molecular weight excluding hydrogens is 394 g/mol. The lowest BCUT2D eigenvalue weighted by atomic mass is 10.2. The molecule has 8 nitrogen and oxygen atoms in total. The molecule has 2 N–H and O–H groups in total. The van der Waals surface area contributed by atoms with Gasteiger partial charge >= 0.3 is 6.09 Å². The summed E-state index contributed by atoms with van der Waals surface area (Å²) in [7, 11) is 0. The Balaban J connectivity index is 1.41. The third kappa shape index (κ3) is 5.53. The van der Waals surface area contributed by atoms with E-state index in [9.17, 15) is 9.59 Å². The van der Waals surface area contributed by atoms with Crippen molar-refractivity contribution in [2.24, 2.45) is 4.99 Å². The Bertz CT molecular complexity index is 793. The lowest BCUT2D eigenvalue weighted by Crippen LogP contribution is -2.57. The molecule has 1 atom stereocenters. The number of aliphatic imine (C=N–C) groups is 1. The molecule has 2 aliphatic heterocycles. The number of carbonyl (C=O) groups excluding carboxylic acids is 2. The molecule has 3 rings (SSSR count). The average Bonchev–Trinajstić information content (AvgIpc) is 3.06. The molecule has 0 saturated carbocycles. The average molecular weight is 422 g/mol. The van der Waals surface area contributed by atoms with E-state index in [-0.39, 0.29) is 18.0 Å². The number of nitrogens with zero attached hydrogens (tertiary/aromatic N) is 3. The van der Waals surface area contributed by atoms with Gasteiger partial charge in [0.2, 0.25) is 0 Å². The van der Waals surface area contributed by atoms with E-state index in [1.165, 1.54) is 0 Å². The van der Waals surface area contributed by atoms with Gasteiger partial charge in [0.05, 0.1) is 23.2 Å². The van der Waals surface area contributed by atoms with Gasteiger partial charge in [0.1, 0.15) is 5.60 Å². The fourth-order valence-corrected chi connectivity index (χ4v) is 3.54. The number of carbonyl (C=O) groups is 2. The molecule has 0 radical (unpaired) electrons. The van der Waals surface area contributed by atoms with E-state index >= 15 is 0 Å². The van der Waals surface area contributed by atoms with Gasteiger partial charge in [0, 0.05) is 32.7 Å². The molecule has 1 aromatic carbocycles. The molecule has 0 spiro atoms. The number of piperazine rings is 1. The van der Waals surface area contributed by atoms with Crippen LogP contribution in [0.25, 0.3) is 0 Å². The monoisotopic (exact) mass is 421 g/mol. The van der Waals surface area contributed by atoms with Crippen LogP contribution in [0.3, 0.4) is 0 Å². The third-order valence-corrected chi connectivity index (χ3v) is 5.00. The molecule has 29 heavy (non-hydrogen) atoms. The maximum absolute atomic E-state index is 12.3. The van der Waals surface area contributed by atoms with Gasteiger partial charge in [-0.3, -0.25) is 9.79 Å². The number of ether oxygens (including phenoxy) is 1. The second kappa shape index (κ2) is 8.90. The number of rotatable bonds is 4. The van der Waals surface area contributed by atoms with Gasteiger partial charge < -0.3 is 25.2 Å². The van der Waals surface area contributed by atoms with Crippen LogP contribution in [0.2, 0.25) is 5.02 Å². The molecule has 1 unspecified atom stereocenters. The number of halogens is 1. The summed E-state index contributed by atoms with van der Waals surface area (Å²) < 4.78 is 5.47. The first-order chi connectivity index (χ1) is 13.7. The number of hydrogen-bond donors (Lipinski definition) is 2. The highest BCUT2D eigenvalue weighted by Gasteiger charge is 2.36. The molecule has 158 valence electrons. The van der Waals surface area contributed by atoms with Crippen molar-refractivity contribution in [3.63, 3.8) is 0 Å². The second-order valence-corrected chi connectivity index (χ2v) is 8.51. The van der Waals surface area contributed by atoms with Crippen molar-refractivity contribution in [3.8, 4) is 0 Å². The summed E-state index contributed by atoms with van der Waals surface area (Å²) in [5.41, 5.74) is -0.0349. The highest BCUT2D eigenvalue weighted by Crippen LogP contribution is 2.18. The molecule has 1 aromatic rings. The first-order valence-corrected chi connectivity index (χ1v) is 10.2. The van der Waals surface area contributed by atoms with Crippen LogP contribution in [-0.4, -0.2) is 78.7 Å². The first kappa shape index (κ1) is 21.2. The van der Waals surface area contributed by atoms with E-state index in [0.29, 0.717) is 49.9 Å². The molecule has 0 bridgehead atoms. The van der Waals surface area contributed by atoms with Gasteiger partial charge in [-0.25, -0.2) is 4.79 Å². The highest BCUT2D eigenvalue weighted by molar-refractivity contribution is 6.33. The van der Waals surface area contributed by atoms with Gasteiger partial charge in [-0.1, -0.05) is 23.7 Å². The zero-order valence-electron chi connectivity index (χ0n) is 17.1. The van der Waals surface area contributed by atoms with Gasteiger partial charge in [-0.15, -0.1) is 0 Å². The fraction of sp³-hybridized carbons (Fsp3) is 0.550. The maximum atomic E-state index is 12.3. The van der Waals surface area contributed by atoms with E-state index < -0.39 is 5.60 Å². The smallest absolute Gasteiger partial charge is 0.410 e. The lowest BCUT2D eigenvalue weighted by molar-refractivity contribution is 0.0137. The van der Waals surface area contributed by atoms with E-state index in [4.69, 9.17) is 16.3 Å². The molecule has 1 saturated heterocycles. The van der Waals surface area contributed by atoms with Crippen LogP contribution in [-0.2, 0) is 4.74 Å². The van der Waals surface area contributed by atoms with Crippen LogP contribution in [0, 0.1) is 0 Å². The standard InChI is InChI=1S/C20H28ClN5O3/c1-20(2,3)29-19(28)25-10-11-26-14(13-25)12-24-18(26)23-9-8-22-17(27)15-6-4-5-7-16(15)21/h4-7,14H,8-13H2,1-3H3,(H,22,27)(H,23,24). The molecule has 0 aliphatic carbocycles. The molecule has 0 aromatic heterocycles. The number of fused-ring (bicyclic) bond motifs is 1. The minimum absolute atomic E-state index is 0.150. The summed E-state index contributed by atoms with van der Waals surface area (Å²) in [5, 5.41) is 6.56. The van der Waals surface area contributed by atoms with Crippen molar-refractivity contribution in [2.75, 3.05) is 39.3 Å². The third-order valence-electron chi connectivity index (χ3n) is 4.67. The topological polar surface area (TPSA) is 86.3 Å². The number of nitrogens with one attached hydrogen (secondary N) is 2. The summed E-state index contributed by atoms with van der Waals surface area (Å²) >= 11 is 6.04. The molecule has 2 amide bonds. The van der Waals surface area contributed by atoms with Crippen molar-refractivity contribution in [1.29, 1.82) is 0 Å². The van der Waals surface area contributed by atoms with Crippen molar-refractivity contribution < 1.29 is 14.3 Å². The lowest BCUT2D eigenvalue weighted by Gasteiger charge is -2.39. The first-order valence-electron chi connectivity index (χ1n) is 9.80. The number of guanidine groups is 1. The van der Waals surface area contributed by atoms with Gasteiger partial charge in [-0.2, -0.15) is 0 Å². The van der Waals surface area contributed by atoms with Crippen LogP contribution in [0.5, 0.6) is 0 Å². The normalized spacial score (nSPS) is 18.8. The Kier molecular flexibility index (Phi) is 6.52. The minimum atomic E-state index is -0.498. The predicted octanol–water partition coefficient (Wildman–Crippen LogP) is 1.95. The van der Waals surface area contributed by atoms with Crippen molar-refractivity contribution in [3.05, 3.63) is 34.9 Å². The minimum Gasteiger partial charge on any atom is -0.444 e. The summed E-state index contributed by atoms with van der Waals surface area (Å²) in [4.78, 5) is 32.9. The molecule has 1 fully saturated rings. The fourth-order valence-electron chi connectivity index (χ4n) is 3.31. The quantitative estimate of drug-likeness (QED) is 0.726. The van der Waals surface area contributed by atoms with Crippen molar-refractivity contribution in [2.45, 2.75) is 32.4 Å². The van der Waals surface area contributed by atoms with E-state index in [2.05, 4.69) is 20.5 Å². The summed E-state index contributed by atoms with van der Waals surface area (Å²) in [5.74, 6) is 0.612. The summed E-state index contributed by atoms with van der Waals surface area (Å²) in [6.07, 6.45) is -0.277. The van der Waals surface area contributed by atoms with Crippen LogP contribution in [0.1, 0.15) is 31.1 Å². The van der Waals surface area contributed by atoms with E-state index in [1.54, 1.807) is 29.2 Å². The van der Waals surface area contributed by atoms with E-state index in [0.717, 1.165) is 5.96 Å². The van der Waals surface area contributed by atoms with Crippen LogP contribution in [0.15, 0.2) is 29.3 Å². The number of amides is 2. The second-order valence-electron chi connectivity index (χ2n) is 8.10. The van der Waals surface area contributed by atoms with Crippen LogP contribution < -0.4 is 10.6 Å². The van der Waals surface area contributed by atoms with Crippen LogP contribution >= 0.6 is 11.6 Å². The SMILES string of the molecule is CC(C)(C)OC(=O)N1CCN2C(NCCNC(=O)c3ccccc3Cl)=NCC2C1. The van der Waals surface area contributed by atoms with Crippen molar-refractivity contribution in [1.82, 2.24) is 20.4 Å². The Hall–Kier alpha value is -2.48. The summed E-state index contributed by atoms with van der Waals surface area (Å²) in [6, 6.07) is 7.11. The van der Waals surface area contributed by atoms with Crippen LogP contribution in [0.4, 0.5) is 4.79 Å². The van der Waals surface area contributed by atoms with Gasteiger partial charge in [0.25, 0.3) is 5.91 Å². The number of benzene rings is 1. The molecule has 2 aliphatic rings. The zero-order valence-corrected chi connectivity index (χ0v) is 17.8. The Morgan fingerprint density at radius 3 is 2.72 bits per heavy atom. The highest BCUT2D eigenvalue weighted by atomic mass is 35.5. The van der Waals surface area contributed by atoms with Gasteiger partial charge in [-0.05, 0) is 32.9 Å². The molecule has 2 heterocycles. The molecule has 9 heteroatoms. The summed E-state index contributed by atoms with van der Waals surface area (Å²) in [6.45, 7) is 9.11.